The van der Waals surface area contributed by atoms with Crippen molar-refractivity contribution in [2.45, 2.75) is 38.5 Å². The minimum absolute atomic E-state index is 0.105. The number of carbonyl (C=O) groups excluding carboxylic acids is 1. The molecule has 2 aromatic carbocycles. The fraction of sp³-hybridized carbons (Fsp3) is 0.250. The third-order valence-corrected chi connectivity index (χ3v) is 5.81. The summed E-state index contributed by atoms with van der Waals surface area (Å²) < 4.78 is 0. The largest absolute Gasteiger partial charge is 0.481 e. The molecule has 0 atom stereocenters. The predicted octanol–water partition coefficient (Wildman–Crippen LogP) is 5.71. The molecule has 0 bridgehead atoms. The first kappa shape index (κ1) is 22.5. The number of carboxylic acid groups (broad SMARTS) is 1. The first-order valence-corrected chi connectivity index (χ1v) is 11.4. The zero-order valence-corrected chi connectivity index (χ0v) is 18.6. The molecule has 0 fully saturated rings. The lowest BCUT2D eigenvalue weighted by atomic mass is 9.98. The van der Waals surface area contributed by atoms with E-state index in [9.17, 15) is 9.59 Å². The maximum absolute atomic E-state index is 12.7. The maximum Gasteiger partial charge on any atom is 0.303 e. The number of aromatic nitrogens is 1. The molecule has 4 rings (SSSR count). The van der Waals surface area contributed by atoms with Crippen LogP contribution in [-0.4, -0.2) is 28.5 Å². The maximum atomic E-state index is 12.7. The summed E-state index contributed by atoms with van der Waals surface area (Å²) in [6.45, 7) is 0.521. The van der Waals surface area contributed by atoms with Crippen LogP contribution in [0.2, 0.25) is 0 Å². The number of aliphatic carboxylic acids is 1. The summed E-state index contributed by atoms with van der Waals surface area (Å²) in [6.07, 6.45) is 10.7. The van der Waals surface area contributed by atoms with Crippen LogP contribution in [0, 0.1) is 0 Å². The van der Waals surface area contributed by atoms with Gasteiger partial charge in [-0.05, 0) is 67.5 Å². The lowest BCUT2D eigenvalue weighted by molar-refractivity contribution is -0.137. The molecular formula is C28H28N2O3. The predicted molar refractivity (Wildman–Crippen MR) is 131 cm³/mol. The Morgan fingerprint density at radius 2 is 1.85 bits per heavy atom. The molecule has 0 saturated carbocycles. The molecule has 0 saturated heterocycles. The van der Waals surface area contributed by atoms with Crippen molar-refractivity contribution in [3.8, 4) is 11.3 Å². The van der Waals surface area contributed by atoms with Gasteiger partial charge in [0.2, 0.25) is 0 Å². The second-order valence-corrected chi connectivity index (χ2v) is 8.31. The number of hydrogen-bond acceptors (Lipinski definition) is 3. The van der Waals surface area contributed by atoms with Crippen molar-refractivity contribution >= 4 is 22.8 Å². The van der Waals surface area contributed by atoms with Crippen LogP contribution in [0.25, 0.3) is 22.2 Å². The number of aryl methyl sites for hydroxylation is 1. The molecule has 0 aliphatic heterocycles. The van der Waals surface area contributed by atoms with E-state index in [2.05, 4.69) is 29.6 Å². The van der Waals surface area contributed by atoms with Crippen LogP contribution >= 0.6 is 0 Å². The van der Waals surface area contributed by atoms with E-state index in [1.807, 2.05) is 48.5 Å². The van der Waals surface area contributed by atoms with Crippen LogP contribution in [0.1, 0.15) is 48.0 Å². The number of fused-ring (bicyclic) bond motifs is 1. The molecule has 33 heavy (non-hydrogen) atoms. The van der Waals surface area contributed by atoms with Crippen LogP contribution in [0.5, 0.6) is 0 Å². The van der Waals surface area contributed by atoms with Crippen LogP contribution in [0.15, 0.2) is 78.4 Å². The minimum Gasteiger partial charge on any atom is -0.481 e. The average molecular weight is 441 g/mol. The molecule has 1 aliphatic carbocycles. The topological polar surface area (TPSA) is 79.3 Å². The fourth-order valence-electron chi connectivity index (χ4n) is 4.07. The zero-order valence-electron chi connectivity index (χ0n) is 18.6. The van der Waals surface area contributed by atoms with E-state index in [-0.39, 0.29) is 12.3 Å². The van der Waals surface area contributed by atoms with Crippen LogP contribution in [-0.2, 0) is 11.2 Å². The molecule has 0 unspecified atom stereocenters. The van der Waals surface area contributed by atoms with E-state index in [1.54, 1.807) is 0 Å². The summed E-state index contributed by atoms with van der Waals surface area (Å²) in [4.78, 5) is 28.5. The van der Waals surface area contributed by atoms with Gasteiger partial charge in [0.15, 0.2) is 0 Å². The van der Waals surface area contributed by atoms with Crippen molar-refractivity contribution in [1.29, 1.82) is 0 Å². The number of rotatable bonds is 9. The second-order valence-electron chi connectivity index (χ2n) is 8.31. The lowest BCUT2D eigenvalue weighted by Crippen LogP contribution is -2.25. The summed E-state index contributed by atoms with van der Waals surface area (Å²) in [5.74, 6) is -0.878. The van der Waals surface area contributed by atoms with Crippen molar-refractivity contribution in [3.63, 3.8) is 0 Å². The Kier molecular flexibility index (Phi) is 7.30. The van der Waals surface area contributed by atoms with Crippen molar-refractivity contribution < 1.29 is 14.7 Å². The number of nitrogens with one attached hydrogen (secondary N) is 1. The van der Waals surface area contributed by atoms with Crippen LogP contribution in [0.4, 0.5) is 0 Å². The molecule has 2 N–H and O–H groups in total. The molecule has 3 aromatic rings. The number of allylic oxidation sites excluding steroid dienone is 2. The van der Waals surface area contributed by atoms with Gasteiger partial charge in [0.1, 0.15) is 0 Å². The Morgan fingerprint density at radius 3 is 2.61 bits per heavy atom. The molecule has 5 heteroatoms. The van der Waals surface area contributed by atoms with E-state index in [0.29, 0.717) is 18.5 Å². The van der Waals surface area contributed by atoms with Gasteiger partial charge in [0.25, 0.3) is 5.91 Å². The third kappa shape index (κ3) is 5.95. The molecule has 0 radical (unpaired) electrons. The molecule has 1 amide bonds. The standard InChI is InChI=1S/C28H28N2O3/c31-26(32)14-8-7-13-22-17-24-18-23(28(33)29-19-20-9-3-1-4-10-20)15-16-25(24)30-27(22)21-11-5-2-6-12-21/h2-3,5-6,9-12,15-18H,1,4,7-8,13-14,19H2,(H,29,33)(H,31,32). The number of carboxylic acids is 1. The van der Waals surface area contributed by atoms with E-state index < -0.39 is 5.97 Å². The smallest absolute Gasteiger partial charge is 0.303 e. The Bertz CT molecular complexity index is 1210. The third-order valence-electron chi connectivity index (χ3n) is 5.81. The number of pyridine rings is 1. The Morgan fingerprint density at radius 1 is 1.00 bits per heavy atom. The number of hydrogen-bond donors (Lipinski definition) is 2. The molecule has 1 aromatic heterocycles. The average Bonchev–Trinajstić information content (AvgIpc) is 2.85. The molecule has 0 spiro atoms. The highest BCUT2D eigenvalue weighted by Gasteiger charge is 2.12. The fourth-order valence-corrected chi connectivity index (χ4v) is 4.07. The van der Waals surface area contributed by atoms with Crippen molar-refractivity contribution in [3.05, 3.63) is 89.5 Å². The van der Waals surface area contributed by atoms with E-state index in [0.717, 1.165) is 59.0 Å². The summed E-state index contributed by atoms with van der Waals surface area (Å²) >= 11 is 0. The molecule has 1 aliphatic rings. The number of unbranched alkanes of at least 4 members (excludes halogenated alkanes) is 1. The Labute approximate surface area is 193 Å². The molecular weight excluding hydrogens is 412 g/mol. The summed E-state index contributed by atoms with van der Waals surface area (Å²) in [5, 5.41) is 12.8. The minimum atomic E-state index is -0.773. The zero-order chi connectivity index (χ0) is 23.0. The first-order valence-electron chi connectivity index (χ1n) is 11.4. The van der Waals surface area contributed by atoms with Crippen molar-refractivity contribution in [2.24, 2.45) is 0 Å². The van der Waals surface area contributed by atoms with Crippen LogP contribution in [0.3, 0.4) is 0 Å². The Balaban J connectivity index is 1.58. The number of benzene rings is 2. The highest BCUT2D eigenvalue weighted by atomic mass is 16.4. The molecule has 168 valence electrons. The number of nitrogens with zero attached hydrogens (tertiary/aromatic N) is 1. The highest BCUT2D eigenvalue weighted by molar-refractivity contribution is 5.98. The Hall–Kier alpha value is -3.73. The van der Waals surface area contributed by atoms with Gasteiger partial charge in [-0.2, -0.15) is 0 Å². The molecule has 5 nitrogen and oxygen atoms in total. The van der Waals surface area contributed by atoms with Gasteiger partial charge in [-0.3, -0.25) is 9.59 Å². The van der Waals surface area contributed by atoms with Gasteiger partial charge < -0.3 is 10.4 Å². The number of carbonyl (C=O) groups is 2. The van der Waals surface area contributed by atoms with Crippen molar-refractivity contribution in [1.82, 2.24) is 10.3 Å². The highest BCUT2D eigenvalue weighted by Crippen LogP contribution is 2.28. The van der Waals surface area contributed by atoms with Gasteiger partial charge in [0, 0.05) is 29.5 Å². The van der Waals surface area contributed by atoms with Gasteiger partial charge >= 0.3 is 5.97 Å². The summed E-state index contributed by atoms with van der Waals surface area (Å²) in [5.41, 5.74) is 5.57. The first-order chi connectivity index (χ1) is 16.1. The van der Waals surface area contributed by atoms with Crippen LogP contribution < -0.4 is 5.32 Å². The second kappa shape index (κ2) is 10.7. The van der Waals surface area contributed by atoms with Gasteiger partial charge in [0.05, 0.1) is 11.2 Å². The van der Waals surface area contributed by atoms with E-state index in [4.69, 9.17) is 10.1 Å². The van der Waals surface area contributed by atoms with Gasteiger partial charge in [-0.15, -0.1) is 0 Å². The monoisotopic (exact) mass is 440 g/mol. The molecule has 1 heterocycles. The summed E-state index contributed by atoms with van der Waals surface area (Å²) in [7, 11) is 0. The quantitative estimate of drug-likeness (QED) is 0.418. The van der Waals surface area contributed by atoms with Gasteiger partial charge in [-0.1, -0.05) is 48.6 Å². The lowest BCUT2D eigenvalue weighted by Gasteiger charge is -2.13. The van der Waals surface area contributed by atoms with Crippen molar-refractivity contribution in [2.75, 3.05) is 6.54 Å². The van der Waals surface area contributed by atoms with Gasteiger partial charge in [-0.25, -0.2) is 4.98 Å². The van der Waals surface area contributed by atoms with E-state index >= 15 is 0 Å². The SMILES string of the molecule is O=C(O)CCCCc1cc2cc(C(=O)NCC3=CCCC=C3)ccc2nc1-c1ccccc1. The summed E-state index contributed by atoms with van der Waals surface area (Å²) in [6, 6.07) is 17.7. The number of amides is 1. The van der Waals surface area contributed by atoms with E-state index in [1.165, 1.54) is 0 Å². The normalized spacial score (nSPS) is 13.0.